The quantitative estimate of drug-likeness (QED) is 0.872. The first kappa shape index (κ1) is 14.1. The summed E-state index contributed by atoms with van der Waals surface area (Å²) in [6, 6.07) is 0. The monoisotopic (exact) mass is 265 g/mol. The number of carbonyl (C=O) groups excluding carboxylic acids is 1. The van der Waals surface area contributed by atoms with Gasteiger partial charge in [0.2, 0.25) is 0 Å². The highest BCUT2D eigenvalue weighted by molar-refractivity contribution is 5.95. The Labute approximate surface area is 114 Å². The third-order valence-electron chi connectivity index (χ3n) is 4.18. The molecule has 1 aliphatic heterocycles. The molecule has 0 spiro atoms. The number of aryl methyl sites for hydroxylation is 1. The topological polar surface area (TPSA) is 69.2 Å². The number of H-pyrrole nitrogens is 1. The van der Waals surface area contributed by atoms with Crippen LogP contribution in [0.5, 0.6) is 0 Å². The molecule has 2 rings (SSSR count). The van der Waals surface area contributed by atoms with Crippen molar-refractivity contribution < 1.29 is 9.90 Å². The molecular formula is C14H23N3O2. The van der Waals surface area contributed by atoms with Gasteiger partial charge in [-0.15, -0.1) is 0 Å². The lowest BCUT2D eigenvalue weighted by molar-refractivity contribution is -0.0439. The molecule has 0 aromatic carbocycles. The molecule has 5 heteroatoms. The van der Waals surface area contributed by atoms with E-state index in [4.69, 9.17) is 0 Å². The molecule has 1 aromatic rings. The molecule has 2 atom stereocenters. The lowest BCUT2D eigenvalue weighted by Gasteiger charge is -2.41. The number of likely N-dealkylation sites (tertiary alicyclic amines) is 1. The smallest absolute Gasteiger partial charge is 0.257 e. The van der Waals surface area contributed by atoms with Crippen LogP contribution in [-0.4, -0.2) is 44.8 Å². The van der Waals surface area contributed by atoms with E-state index in [1.807, 2.05) is 18.7 Å². The minimum Gasteiger partial charge on any atom is -0.390 e. The zero-order valence-corrected chi connectivity index (χ0v) is 11.9. The van der Waals surface area contributed by atoms with Crippen LogP contribution >= 0.6 is 0 Å². The fraction of sp³-hybridized carbons (Fsp3) is 0.714. The minimum atomic E-state index is -0.667. The molecule has 106 valence electrons. The van der Waals surface area contributed by atoms with Crippen molar-refractivity contribution in [2.45, 2.75) is 45.6 Å². The van der Waals surface area contributed by atoms with Crippen molar-refractivity contribution in [1.29, 1.82) is 0 Å². The highest BCUT2D eigenvalue weighted by atomic mass is 16.3. The normalized spacial score (nSPS) is 27.6. The Morgan fingerprint density at radius 3 is 3.05 bits per heavy atom. The molecule has 1 fully saturated rings. The van der Waals surface area contributed by atoms with Gasteiger partial charge in [-0.1, -0.05) is 20.3 Å². The molecule has 5 nitrogen and oxygen atoms in total. The standard InChI is InChI=1S/C14H23N3O2/c1-4-5-12-11(8-15-16-12)13(18)17-7-6-14(3,19)10(2)9-17/h8,10,19H,4-7,9H2,1-3H3,(H,15,16)/t10-,14+/m0/s1. The van der Waals surface area contributed by atoms with Gasteiger partial charge in [-0.25, -0.2) is 0 Å². The number of piperidine rings is 1. The summed E-state index contributed by atoms with van der Waals surface area (Å²) in [4.78, 5) is 14.3. The summed E-state index contributed by atoms with van der Waals surface area (Å²) in [6.45, 7) is 7.12. The molecule has 0 bridgehead atoms. The third-order valence-corrected chi connectivity index (χ3v) is 4.18. The predicted molar refractivity (Wildman–Crippen MR) is 72.9 cm³/mol. The molecule has 1 aliphatic rings. The van der Waals surface area contributed by atoms with Crippen LogP contribution in [0.25, 0.3) is 0 Å². The fourth-order valence-corrected chi connectivity index (χ4v) is 2.52. The summed E-state index contributed by atoms with van der Waals surface area (Å²) >= 11 is 0. The Hall–Kier alpha value is -1.36. The van der Waals surface area contributed by atoms with Gasteiger partial charge in [0, 0.05) is 24.7 Å². The summed E-state index contributed by atoms with van der Waals surface area (Å²) in [5.41, 5.74) is 0.924. The maximum absolute atomic E-state index is 12.5. The minimum absolute atomic E-state index is 0.0274. The van der Waals surface area contributed by atoms with E-state index in [2.05, 4.69) is 17.1 Å². The third kappa shape index (κ3) is 2.81. The first-order valence-corrected chi connectivity index (χ1v) is 6.99. The van der Waals surface area contributed by atoms with Gasteiger partial charge in [0.15, 0.2) is 0 Å². The van der Waals surface area contributed by atoms with E-state index in [9.17, 15) is 9.90 Å². The number of rotatable bonds is 3. The van der Waals surface area contributed by atoms with Gasteiger partial charge < -0.3 is 10.0 Å². The number of carbonyl (C=O) groups is 1. The highest BCUT2D eigenvalue weighted by Gasteiger charge is 2.36. The molecule has 2 heterocycles. The summed E-state index contributed by atoms with van der Waals surface area (Å²) < 4.78 is 0. The Kier molecular flexibility index (Phi) is 3.94. The number of aromatic nitrogens is 2. The van der Waals surface area contributed by atoms with E-state index in [1.54, 1.807) is 6.20 Å². The van der Waals surface area contributed by atoms with Crippen molar-refractivity contribution in [3.8, 4) is 0 Å². The molecule has 1 aromatic heterocycles. The highest BCUT2D eigenvalue weighted by Crippen LogP contribution is 2.28. The van der Waals surface area contributed by atoms with Gasteiger partial charge in [0.1, 0.15) is 0 Å². The molecule has 19 heavy (non-hydrogen) atoms. The molecule has 0 unspecified atom stereocenters. The Bertz CT molecular complexity index is 453. The lowest BCUT2D eigenvalue weighted by Crippen LogP contribution is -2.50. The Morgan fingerprint density at radius 1 is 1.68 bits per heavy atom. The molecule has 0 saturated carbocycles. The van der Waals surface area contributed by atoms with E-state index < -0.39 is 5.60 Å². The maximum Gasteiger partial charge on any atom is 0.257 e. The second-order valence-corrected chi connectivity index (χ2v) is 5.77. The predicted octanol–water partition coefficient (Wildman–Crippen LogP) is 1.60. The van der Waals surface area contributed by atoms with Crippen molar-refractivity contribution in [3.63, 3.8) is 0 Å². The Balaban J connectivity index is 2.10. The zero-order chi connectivity index (χ0) is 14.0. The van der Waals surface area contributed by atoms with E-state index in [0.717, 1.165) is 18.5 Å². The number of hydrogen-bond acceptors (Lipinski definition) is 3. The van der Waals surface area contributed by atoms with Gasteiger partial charge in [-0.05, 0) is 19.8 Å². The van der Waals surface area contributed by atoms with Crippen LogP contribution in [0.1, 0.15) is 49.7 Å². The van der Waals surface area contributed by atoms with E-state index in [1.165, 1.54) is 0 Å². The van der Waals surface area contributed by atoms with Crippen LogP contribution < -0.4 is 0 Å². The molecule has 0 aliphatic carbocycles. The maximum atomic E-state index is 12.5. The molecule has 2 N–H and O–H groups in total. The van der Waals surface area contributed by atoms with Crippen LogP contribution in [0.3, 0.4) is 0 Å². The van der Waals surface area contributed by atoms with Gasteiger partial charge in [-0.3, -0.25) is 9.89 Å². The van der Waals surface area contributed by atoms with Crippen LogP contribution in [-0.2, 0) is 6.42 Å². The van der Waals surface area contributed by atoms with Gasteiger partial charge in [-0.2, -0.15) is 5.10 Å². The summed E-state index contributed by atoms with van der Waals surface area (Å²) in [6.07, 6.45) is 4.06. The second-order valence-electron chi connectivity index (χ2n) is 5.77. The molecule has 0 radical (unpaired) electrons. The number of hydrogen-bond donors (Lipinski definition) is 2. The number of amides is 1. The van der Waals surface area contributed by atoms with Gasteiger partial charge in [0.25, 0.3) is 5.91 Å². The number of aliphatic hydroxyl groups is 1. The number of nitrogens with zero attached hydrogens (tertiary/aromatic N) is 2. The largest absolute Gasteiger partial charge is 0.390 e. The molecular weight excluding hydrogens is 242 g/mol. The number of aromatic amines is 1. The number of nitrogens with one attached hydrogen (secondary N) is 1. The molecule has 1 amide bonds. The summed E-state index contributed by atoms with van der Waals surface area (Å²) in [7, 11) is 0. The van der Waals surface area contributed by atoms with Crippen LogP contribution in [0, 0.1) is 5.92 Å². The van der Waals surface area contributed by atoms with Crippen LogP contribution in [0.4, 0.5) is 0 Å². The first-order chi connectivity index (χ1) is 8.95. The Morgan fingerprint density at radius 2 is 2.42 bits per heavy atom. The zero-order valence-electron chi connectivity index (χ0n) is 11.9. The average molecular weight is 265 g/mol. The SMILES string of the molecule is CCCc1[nH]ncc1C(=O)N1CC[C@@](C)(O)[C@@H](C)C1. The lowest BCUT2D eigenvalue weighted by atomic mass is 9.84. The van der Waals surface area contributed by atoms with Gasteiger partial charge in [0.05, 0.1) is 17.4 Å². The van der Waals surface area contributed by atoms with E-state index >= 15 is 0 Å². The first-order valence-electron chi connectivity index (χ1n) is 6.99. The van der Waals surface area contributed by atoms with Crippen LogP contribution in [0.15, 0.2) is 6.20 Å². The molecule has 1 saturated heterocycles. The van der Waals surface area contributed by atoms with Crippen molar-refractivity contribution in [2.24, 2.45) is 5.92 Å². The van der Waals surface area contributed by atoms with Crippen LogP contribution in [0.2, 0.25) is 0 Å². The summed E-state index contributed by atoms with van der Waals surface area (Å²) in [5, 5.41) is 17.0. The van der Waals surface area contributed by atoms with E-state index in [0.29, 0.717) is 25.1 Å². The van der Waals surface area contributed by atoms with E-state index in [-0.39, 0.29) is 11.8 Å². The van der Waals surface area contributed by atoms with Crippen molar-refractivity contribution in [3.05, 3.63) is 17.5 Å². The fourth-order valence-electron chi connectivity index (χ4n) is 2.52. The second kappa shape index (κ2) is 5.33. The van der Waals surface area contributed by atoms with Gasteiger partial charge >= 0.3 is 0 Å². The van der Waals surface area contributed by atoms with Crippen molar-refractivity contribution in [2.75, 3.05) is 13.1 Å². The summed E-state index contributed by atoms with van der Waals surface area (Å²) in [5.74, 6) is 0.117. The van der Waals surface area contributed by atoms with Crippen molar-refractivity contribution >= 4 is 5.91 Å². The van der Waals surface area contributed by atoms with Crippen molar-refractivity contribution in [1.82, 2.24) is 15.1 Å². The average Bonchev–Trinajstić information content (AvgIpc) is 2.80.